The number of aromatic carboxylic acids is 1. The Labute approximate surface area is 128 Å². The molecule has 0 aliphatic heterocycles. The van der Waals surface area contributed by atoms with Crippen LogP contribution in [0.4, 0.5) is 0 Å². The van der Waals surface area contributed by atoms with Gasteiger partial charge in [0.25, 0.3) is 0 Å². The van der Waals surface area contributed by atoms with Gasteiger partial charge < -0.3 is 15.9 Å². The van der Waals surface area contributed by atoms with E-state index in [-0.39, 0.29) is 11.3 Å². The lowest BCUT2D eigenvalue weighted by atomic mass is 9.70. The highest BCUT2D eigenvalue weighted by atomic mass is 16.4. The van der Waals surface area contributed by atoms with Crippen molar-refractivity contribution in [2.24, 2.45) is 21.1 Å². The van der Waals surface area contributed by atoms with Crippen LogP contribution >= 0.6 is 0 Å². The van der Waals surface area contributed by atoms with Crippen LogP contribution in [0.25, 0.3) is 5.70 Å². The maximum absolute atomic E-state index is 11.5. The number of hydrogen-bond donors (Lipinski definition) is 3. The predicted octanol–water partition coefficient (Wildman–Crippen LogP) is 2.07. The van der Waals surface area contributed by atoms with Crippen LogP contribution in [0, 0.1) is 5.41 Å². The van der Waals surface area contributed by atoms with Gasteiger partial charge in [0, 0.05) is 18.2 Å². The highest BCUT2D eigenvalue weighted by Crippen LogP contribution is 2.45. The van der Waals surface area contributed by atoms with Crippen molar-refractivity contribution in [3.05, 3.63) is 34.4 Å². The van der Waals surface area contributed by atoms with Gasteiger partial charge in [0.1, 0.15) is 17.1 Å². The Hall–Kier alpha value is -2.63. The molecule has 0 saturated carbocycles. The number of amidine groups is 1. The molecule has 6 heteroatoms. The standard InChI is InChI=1S/C16H19N3O3/c1-16(2)7-9-8(5-6-10(20)11(9)15(21)22)13(18-3)12(16)14(17)19-4/h5-6,20H,3,7H2,1-2,4H3,(H2,17,19)(H,21,22). The number of nitrogens with two attached hydrogens (primary N) is 1. The molecule has 1 aromatic carbocycles. The number of phenols is 1. The minimum atomic E-state index is -1.17. The van der Waals surface area contributed by atoms with E-state index >= 15 is 0 Å². The molecule has 2 rings (SSSR count). The number of benzene rings is 1. The van der Waals surface area contributed by atoms with E-state index in [1.807, 2.05) is 13.8 Å². The third kappa shape index (κ3) is 2.26. The molecular weight excluding hydrogens is 282 g/mol. The number of carboxylic acids is 1. The zero-order valence-electron chi connectivity index (χ0n) is 12.8. The van der Waals surface area contributed by atoms with E-state index in [1.54, 1.807) is 13.1 Å². The first-order valence-corrected chi connectivity index (χ1v) is 6.77. The molecule has 0 atom stereocenters. The summed E-state index contributed by atoms with van der Waals surface area (Å²) < 4.78 is 0. The first-order valence-electron chi connectivity index (χ1n) is 6.77. The number of carbonyl (C=O) groups is 1. The molecule has 4 N–H and O–H groups in total. The zero-order chi connectivity index (χ0) is 16.7. The normalized spacial score (nSPS) is 17.1. The second kappa shape index (κ2) is 5.29. The van der Waals surface area contributed by atoms with E-state index in [9.17, 15) is 15.0 Å². The van der Waals surface area contributed by atoms with Crippen LogP contribution in [0.2, 0.25) is 0 Å². The number of fused-ring (bicyclic) bond motifs is 1. The highest BCUT2D eigenvalue weighted by Gasteiger charge is 2.37. The fourth-order valence-electron chi connectivity index (χ4n) is 3.01. The fourth-order valence-corrected chi connectivity index (χ4v) is 3.01. The van der Waals surface area contributed by atoms with Gasteiger partial charge in [-0.3, -0.25) is 9.98 Å². The van der Waals surface area contributed by atoms with Gasteiger partial charge in [0.05, 0.1) is 5.70 Å². The van der Waals surface area contributed by atoms with Gasteiger partial charge in [-0.25, -0.2) is 4.79 Å². The minimum absolute atomic E-state index is 0.0993. The summed E-state index contributed by atoms with van der Waals surface area (Å²) in [6, 6.07) is 2.99. The van der Waals surface area contributed by atoms with Crippen LogP contribution in [0.1, 0.15) is 35.3 Å². The van der Waals surface area contributed by atoms with Gasteiger partial charge in [0.2, 0.25) is 0 Å². The highest BCUT2D eigenvalue weighted by molar-refractivity contribution is 6.07. The zero-order valence-corrected chi connectivity index (χ0v) is 12.8. The molecule has 0 aromatic heterocycles. The Morgan fingerprint density at radius 1 is 1.41 bits per heavy atom. The van der Waals surface area contributed by atoms with Gasteiger partial charge in [-0.05, 0) is 36.2 Å². The first kappa shape index (κ1) is 15.8. The summed E-state index contributed by atoms with van der Waals surface area (Å²) in [5.41, 5.74) is 7.83. The van der Waals surface area contributed by atoms with Crippen molar-refractivity contribution in [1.82, 2.24) is 0 Å². The molecule has 22 heavy (non-hydrogen) atoms. The summed E-state index contributed by atoms with van der Waals surface area (Å²) in [6.07, 6.45) is 0.406. The Bertz CT molecular complexity index is 730. The van der Waals surface area contributed by atoms with Crippen molar-refractivity contribution in [1.29, 1.82) is 0 Å². The smallest absolute Gasteiger partial charge is 0.339 e. The van der Waals surface area contributed by atoms with E-state index in [0.717, 1.165) is 5.57 Å². The summed E-state index contributed by atoms with van der Waals surface area (Å²) in [4.78, 5) is 19.6. The Kier molecular flexibility index (Phi) is 3.79. The molecule has 0 spiro atoms. The number of aliphatic imine (C=N–C) groups is 2. The predicted molar refractivity (Wildman–Crippen MR) is 86.6 cm³/mol. The van der Waals surface area contributed by atoms with Crippen molar-refractivity contribution in [3.63, 3.8) is 0 Å². The lowest BCUT2D eigenvalue weighted by Crippen LogP contribution is -2.33. The number of rotatable bonds is 3. The van der Waals surface area contributed by atoms with Crippen LogP contribution in [0.3, 0.4) is 0 Å². The van der Waals surface area contributed by atoms with Crippen molar-refractivity contribution < 1.29 is 15.0 Å². The van der Waals surface area contributed by atoms with Crippen molar-refractivity contribution in [2.75, 3.05) is 7.05 Å². The molecule has 116 valence electrons. The van der Waals surface area contributed by atoms with E-state index in [1.165, 1.54) is 6.07 Å². The van der Waals surface area contributed by atoms with Crippen molar-refractivity contribution in [2.45, 2.75) is 20.3 Å². The van der Waals surface area contributed by atoms with E-state index in [0.29, 0.717) is 29.1 Å². The summed E-state index contributed by atoms with van der Waals surface area (Å²) >= 11 is 0. The molecular formula is C16H19N3O3. The summed E-state index contributed by atoms with van der Waals surface area (Å²) in [5, 5.41) is 19.3. The van der Waals surface area contributed by atoms with Crippen LogP contribution < -0.4 is 5.73 Å². The fraction of sp³-hybridized carbons (Fsp3) is 0.312. The lowest BCUT2D eigenvalue weighted by Gasteiger charge is -2.35. The SMILES string of the molecule is C=NC1=C(C(N)=NC)C(C)(C)Cc2c1ccc(O)c2C(=O)O. The summed E-state index contributed by atoms with van der Waals surface area (Å²) in [6.45, 7) is 7.45. The van der Waals surface area contributed by atoms with Gasteiger partial charge >= 0.3 is 5.97 Å². The molecule has 0 saturated heterocycles. The Morgan fingerprint density at radius 2 is 2.05 bits per heavy atom. The molecule has 0 heterocycles. The van der Waals surface area contributed by atoms with Crippen LogP contribution in [-0.2, 0) is 6.42 Å². The quantitative estimate of drug-likeness (QED) is 0.586. The monoisotopic (exact) mass is 301 g/mol. The number of hydrogen-bond acceptors (Lipinski definition) is 4. The molecule has 0 amide bonds. The molecule has 6 nitrogen and oxygen atoms in total. The van der Waals surface area contributed by atoms with Crippen LogP contribution in [-0.4, -0.2) is 35.8 Å². The molecule has 0 unspecified atom stereocenters. The second-order valence-corrected chi connectivity index (χ2v) is 5.84. The Balaban J connectivity index is 2.91. The molecule has 1 aliphatic carbocycles. The number of carboxylic acid groups (broad SMARTS) is 1. The first-order chi connectivity index (χ1) is 10.2. The van der Waals surface area contributed by atoms with Crippen LogP contribution in [0.15, 0.2) is 27.7 Å². The number of aromatic hydroxyl groups is 1. The van der Waals surface area contributed by atoms with Gasteiger partial charge in [-0.1, -0.05) is 13.8 Å². The van der Waals surface area contributed by atoms with E-state index < -0.39 is 11.4 Å². The maximum atomic E-state index is 11.5. The topological polar surface area (TPSA) is 108 Å². The van der Waals surface area contributed by atoms with E-state index in [4.69, 9.17) is 5.73 Å². The van der Waals surface area contributed by atoms with Crippen molar-refractivity contribution in [3.8, 4) is 5.75 Å². The third-order valence-corrected chi connectivity index (χ3v) is 3.95. The number of nitrogens with zero attached hydrogens (tertiary/aromatic N) is 2. The summed E-state index contributed by atoms with van der Waals surface area (Å²) in [5.74, 6) is -1.08. The average Bonchev–Trinajstić information content (AvgIpc) is 2.43. The molecule has 0 radical (unpaired) electrons. The Morgan fingerprint density at radius 3 is 2.55 bits per heavy atom. The minimum Gasteiger partial charge on any atom is -0.507 e. The molecule has 1 aliphatic rings. The largest absolute Gasteiger partial charge is 0.507 e. The van der Waals surface area contributed by atoms with E-state index in [2.05, 4.69) is 16.7 Å². The second-order valence-electron chi connectivity index (χ2n) is 5.84. The van der Waals surface area contributed by atoms with Crippen LogP contribution in [0.5, 0.6) is 5.75 Å². The molecule has 1 aromatic rings. The maximum Gasteiger partial charge on any atom is 0.339 e. The van der Waals surface area contributed by atoms with Crippen molar-refractivity contribution >= 4 is 24.2 Å². The van der Waals surface area contributed by atoms with Gasteiger partial charge in [-0.15, -0.1) is 0 Å². The molecule has 0 bridgehead atoms. The van der Waals surface area contributed by atoms with Gasteiger partial charge in [-0.2, -0.15) is 0 Å². The van der Waals surface area contributed by atoms with Gasteiger partial charge in [0.15, 0.2) is 0 Å². The summed E-state index contributed by atoms with van der Waals surface area (Å²) in [7, 11) is 1.59. The third-order valence-electron chi connectivity index (χ3n) is 3.95. The lowest BCUT2D eigenvalue weighted by molar-refractivity contribution is 0.0692. The molecule has 0 fully saturated rings. The average molecular weight is 301 g/mol.